The zero-order valence-electron chi connectivity index (χ0n) is 8.83. The highest BCUT2D eigenvalue weighted by atomic mass is 79.9. The van der Waals surface area contributed by atoms with Crippen molar-refractivity contribution in [2.75, 3.05) is 25.2 Å². The van der Waals surface area contributed by atoms with E-state index in [1.165, 1.54) is 0 Å². The molecular formula is C11H14BrNO2. The summed E-state index contributed by atoms with van der Waals surface area (Å²) < 4.78 is 6.64. The van der Waals surface area contributed by atoms with Crippen LogP contribution in [0.1, 0.15) is 5.56 Å². The van der Waals surface area contributed by atoms with Gasteiger partial charge in [-0.3, -0.25) is 0 Å². The minimum Gasteiger partial charge on any atom is -0.489 e. The molecule has 1 aromatic carbocycles. The van der Waals surface area contributed by atoms with Gasteiger partial charge in [0.05, 0.1) is 18.3 Å². The fraction of sp³-hybridized carbons (Fsp3) is 0.455. The molecule has 0 spiro atoms. The van der Waals surface area contributed by atoms with Gasteiger partial charge in [-0.25, -0.2) is 0 Å². The molecule has 15 heavy (non-hydrogen) atoms. The number of hydrogen-bond acceptors (Lipinski definition) is 3. The maximum absolute atomic E-state index is 9.20. The van der Waals surface area contributed by atoms with Crippen LogP contribution in [-0.2, 0) is 0 Å². The third kappa shape index (κ3) is 1.84. The van der Waals surface area contributed by atoms with Gasteiger partial charge in [0.2, 0.25) is 0 Å². The molecular weight excluding hydrogens is 258 g/mol. The predicted octanol–water partition coefficient (Wildman–Crippen LogP) is 1.95. The highest BCUT2D eigenvalue weighted by Gasteiger charge is 2.26. The Morgan fingerprint density at radius 1 is 1.60 bits per heavy atom. The van der Waals surface area contributed by atoms with Crippen LogP contribution in [-0.4, -0.2) is 31.4 Å². The summed E-state index contributed by atoms with van der Waals surface area (Å²) in [4.78, 5) is 2.06. The van der Waals surface area contributed by atoms with Crippen molar-refractivity contribution in [3.8, 4) is 5.75 Å². The van der Waals surface area contributed by atoms with E-state index in [0.717, 1.165) is 21.5 Å². The Hall–Kier alpha value is -0.740. The Labute approximate surface area is 97.8 Å². The molecule has 0 saturated carbocycles. The summed E-state index contributed by atoms with van der Waals surface area (Å²) in [6.07, 6.45) is 0. The summed E-state index contributed by atoms with van der Waals surface area (Å²) in [5.74, 6) is 0.883. The van der Waals surface area contributed by atoms with E-state index in [1.54, 1.807) is 0 Å². The van der Waals surface area contributed by atoms with Crippen molar-refractivity contribution in [3.63, 3.8) is 0 Å². The lowest BCUT2D eigenvalue weighted by molar-refractivity contribution is 0.191. The van der Waals surface area contributed by atoms with Crippen LogP contribution < -0.4 is 9.64 Å². The number of aliphatic hydroxyl groups excluding tert-OH is 1. The summed E-state index contributed by atoms with van der Waals surface area (Å²) in [5.41, 5.74) is 2.18. The van der Waals surface area contributed by atoms with Gasteiger partial charge in [0.15, 0.2) is 0 Å². The van der Waals surface area contributed by atoms with Crippen molar-refractivity contribution in [2.24, 2.45) is 0 Å². The van der Waals surface area contributed by atoms with Crippen molar-refractivity contribution in [3.05, 3.63) is 22.2 Å². The lowest BCUT2D eigenvalue weighted by Crippen LogP contribution is -2.43. The predicted molar refractivity (Wildman–Crippen MR) is 63.7 cm³/mol. The lowest BCUT2D eigenvalue weighted by Gasteiger charge is -2.35. The molecule has 3 nitrogen and oxygen atoms in total. The third-order valence-corrected chi connectivity index (χ3v) is 3.32. The first kappa shape index (κ1) is 10.8. The van der Waals surface area contributed by atoms with Crippen molar-refractivity contribution in [1.82, 2.24) is 0 Å². The Kier molecular flexibility index (Phi) is 2.89. The van der Waals surface area contributed by atoms with Crippen LogP contribution in [0.3, 0.4) is 0 Å². The number of halogens is 1. The van der Waals surface area contributed by atoms with Gasteiger partial charge in [-0.1, -0.05) is 0 Å². The van der Waals surface area contributed by atoms with Crippen LogP contribution in [0.4, 0.5) is 5.69 Å². The zero-order chi connectivity index (χ0) is 11.0. The quantitative estimate of drug-likeness (QED) is 0.848. The monoisotopic (exact) mass is 271 g/mol. The van der Waals surface area contributed by atoms with Crippen LogP contribution in [0.15, 0.2) is 16.6 Å². The molecule has 4 heteroatoms. The molecule has 0 aromatic heterocycles. The summed E-state index contributed by atoms with van der Waals surface area (Å²) in [5, 5.41) is 9.20. The van der Waals surface area contributed by atoms with Crippen LogP contribution >= 0.6 is 15.9 Å². The van der Waals surface area contributed by atoms with Crippen LogP contribution in [0.2, 0.25) is 0 Å². The SMILES string of the molecule is Cc1cc(Br)c2c(c1)OCC(CO)N2C. The van der Waals surface area contributed by atoms with E-state index in [4.69, 9.17) is 4.74 Å². The summed E-state index contributed by atoms with van der Waals surface area (Å²) in [6.45, 7) is 2.68. The zero-order valence-corrected chi connectivity index (χ0v) is 10.4. The molecule has 0 radical (unpaired) electrons. The van der Waals surface area contributed by atoms with E-state index in [2.05, 4.69) is 26.9 Å². The Morgan fingerprint density at radius 3 is 3.00 bits per heavy atom. The fourth-order valence-electron chi connectivity index (χ4n) is 1.81. The molecule has 1 heterocycles. The number of nitrogens with zero attached hydrogens (tertiary/aromatic N) is 1. The molecule has 2 rings (SSSR count). The Morgan fingerprint density at radius 2 is 2.33 bits per heavy atom. The van der Waals surface area contributed by atoms with E-state index < -0.39 is 0 Å². The first-order chi connectivity index (χ1) is 7.13. The van der Waals surface area contributed by atoms with Crippen molar-refractivity contribution in [2.45, 2.75) is 13.0 Å². The van der Waals surface area contributed by atoms with Gasteiger partial charge in [0.25, 0.3) is 0 Å². The van der Waals surface area contributed by atoms with Gasteiger partial charge >= 0.3 is 0 Å². The molecule has 0 amide bonds. The molecule has 0 fully saturated rings. The van der Waals surface area contributed by atoms with Gasteiger partial charge in [0, 0.05) is 11.5 Å². The largest absolute Gasteiger partial charge is 0.489 e. The van der Waals surface area contributed by atoms with Crippen LogP contribution in [0.5, 0.6) is 5.75 Å². The first-order valence-corrected chi connectivity index (χ1v) is 5.69. The molecule has 1 aliphatic heterocycles. The molecule has 1 atom stereocenters. The second-order valence-corrected chi connectivity index (χ2v) is 4.71. The van der Waals surface area contributed by atoms with E-state index in [9.17, 15) is 5.11 Å². The molecule has 1 aromatic rings. The number of aryl methyl sites for hydroxylation is 1. The number of fused-ring (bicyclic) bond motifs is 1. The average molecular weight is 272 g/mol. The first-order valence-electron chi connectivity index (χ1n) is 4.90. The lowest BCUT2D eigenvalue weighted by atomic mass is 10.1. The van der Waals surface area contributed by atoms with Crippen molar-refractivity contribution in [1.29, 1.82) is 0 Å². The van der Waals surface area contributed by atoms with E-state index >= 15 is 0 Å². The number of benzene rings is 1. The number of aliphatic hydroxyl groups is 1. The minimum absolute atomic E-state index is 0.0384. The van der Waals surface area contributed by atoms with Crippen LogP contribution in [0, 0.1) is 6.92 Å². The highest BCUT2D eigenvalue weighted by molar-refractivity contribution is 9.10. The van der Waals surface area contributed by atoms with Crippen molar-refractivity contribution >= 4 is 21.6 Å². The molecule has 1 N–H and O–H groups in total. The Balaban J connectivity index is 2.47. The molecule has 82 valence electrons. The highest BCUT2D eigenvalue weighted by Crippen LogP contribution is 2.40. The molecule has 1 aliphatic rings. The number of hydrogen-bond donors (Lipinski definition) is 1. The summed E-state index contributed by atoms with van der Waals surface area (Å²) in [6, 6.07) is 4.11. The Bertz CT molecular complexity index is 381. The number of anilines is 1. The second kappa shape index (κ2) is 4.02. The standard InChI is InChI=1S/C11H14BrNO2/c1-7-3-9(12)11-10(4-7)15-6-8(5-14)13(11)2/h3-4,8,14H,5-6H2,1-2H3. The molecule has 0 bridgehead atoms. The fourth-order valence-corrected chi connectivity index (χ4v) is 2.65. The van der Waals surface area contributed by atoms with Crippen LogP contribution in [0.25, 0.3) is 0 Å². The second-order valence-electron chi connectivity index (χ2n) is 3.85. The molecule has 1 unspecified atom stereocenters. The number of ether oxygens (including phenoxy) is 1. The van der Waals surface area contributed by atoms with E-state index in [-0.39, 0.29) is 12.6 Å². The molecule has 0 aliphatic carbocycles. The van der Waals surface area contributed by atoms with Gasteiger partial charge < -0.3 is 14.7 Å². The average Bonchev–Trinajstić information content (AvgIpc) is 2.17. The minimum atomic E-state index is 0.0384. The van der Waals surface area contributed by atoms with Gasteiger partial charge in [0.1, 0.15) is 12.4 Å². The smallest absolute Gasteiger partial charge is 0.144 e. The van der Waals surface area contributed by atoms with Crippen molar-refractivity contribution < 1.29 is 9.84 Å². The number of rotatable bonds is 1. The van der Waals surface area contributed by atoms with Gasteiger partial charge in [-0.05, 0) is 40.5 Å². The normalized spacial score (nSPS) is 19.7. The number of likely N-dealkylation sites (N-methyl/N-ethyl adjacent to an activating group) is 1. The summed E-state index contributed by atoms with van der Waals surface area (Å²) in [7, 11) is 1.97. The summed E-state index contributed by atoms with van der Waals surface area (Å²) >= 11 is 3.53. The van der Waals surface area contributed by atoms with Gasteiger partial charge in [-0.15, -0.1) is 0 Å². The topological polar surface area (TPSA) is 32.7 Å². The van der Waals surface area contributed by atoms with Gasteiger partial charge in [-0.2, -0.15) is 0 Å². The maximum atomic E-state index is 9.20. The molecule has 0 saturated heterocycles. The van der Waals surface area contributed by atoms with E-state index in [1.807, 2.05) is 20.0 Å². The maximum Gasteiger partial charge on any atom is 0.144 e. The third-order valence-electron chi connectivity index (χ3n) is 2.72. The van der Waals surface area contributed by atoms with E-state index in [0.29, 0.717) is 6.61 Å².